The van der Waals surface area contributed by atoms with E-state index in [-0.39, 0.29) is 29.9 Å². The van der Waals surface area contributed by atoms with Crippen LogP contribution in [0.2, 0.25) is 5.02 Å². The summed E-state index contributed by atoms with van der Waals surface area (Å²) in [6.07, 6.45) is 3.12. The van der Waals surface area contributed by atoms with Crippen LogP contribution in [-0.4, -0.2) is 35.1 Å². The molecule has 3 aliphatic rings. The highest BCUT2D eigenvalue weighted by Crippen LogP contribution is 2.56. The van der Waals surface area contributed by atoms with Gasteiger partial charge >= 0.3 is 0 Å². The molecule has 7 heteroatoms. The minimum absolute atomic E-state index is 0.0142. The lowest BCUT2D eigenvalue weighted by atomic mass is 9.64. The van der Waals surface area contributed by atoms with Gasteiger partial charge in [0.15, 0.2) is 0 Å². The average molecular weight is 530 g/mol. The van der Waals surface area contributed by atoms with Crippen molar-refractivity contribution in [3.63, 3.8) is 0 Å². The van der Waals surface area contributed by atoms with Crippen LogP contribution >= 0.6 is 11.6 Å². The van der Waals surface area contributed by atoms with Crippen molar-refractivity contribution in [2.45, 2.75) is 61.7 Å². The van der Waals surface area contributed by atoms with Crippen LogP contribution in [0.25, 0.3) is 0 Å². The third-order valence-corrected chi connectivity index (χ3v) is 8.83. The van der Waals surface area contributed by atoms with Gasteiger partial charge in [-0.2, -0.15) is 0 Å². The van der Waals surface area contributed by atoms with E-state index in [9.17, 15) is 14.7 Å². The number of hydrogen-bond donors (Lipinski definition) is 4. The number of rotatable bonds is 5. The molecule has 6 nitrogen and oxygen atoms in total. The maximum Gasteiger partial charge on any atom is 0.237 e. The quantitative estimate of drug-likeness (QED) is 0.391. The standard InChI is InChI=1S/C31H32ClN3O3/c32-21-11-16-24-26(18-21)34-30(38)31(24)25(17-19-7-3-1-4-8-19)27(35-28(31)20-9-5-2-6-10-20)29(37)33-22-12-14-23(36)15-13-22/h1-11,16,18,22-23,25,27-28,35-36H,12-15,17H2,(H,33,37)(H,34,38)/t22-,23-,25-,27+,28-,31-/m0/s1. The van der Waals surface area contributed by atoms with Gasteiger partial charge in [-0.1, -0.05) is 78.3 Å². The molecule has 38 heavy (non-hydrogen) atoms. The van der Waals surface area contributed by atoms with Gasteiger partial charge in [0.2, 0.25) is 11.8 Å². The molecule has 4 atom stereocenters. The first-order valence-electron chi connectivity index (χ1n) is 13.4. The summed E-state index contributed by atoms with van der Waals surface area (Å²) in [6.45, 7) is 0. The van der Waals surface area contributed by atoms with Crippen molar-refractivity contribution in [2.24, 2.45) is 5.92 Å². The Labute approximate surface area is 227 Å². The molecule has 0 unspecified atom stereocenters. The molecular weight excluding hydrogens is 498 g/mol. The molecule has 2 aliphatic heterocycles. The fraction of sp³-hybridized carbons (Fsp3) is 0.355. The number of carbonyl (C=O) groups is 2. The number of aliphatic hydroxyl groups is 1. The molecule has 1 saturated heterocycles. The zero-order valence-corrected chi connectivity index (χ0v) is 21.8. The van der Waals surface area contributed by atoms with Gasteiger partial charge in [0, 0.05) is 22.7 Å². The third kappa shape index (κ3) is 4.31. The van der Waals surface area contributed by atoms with E-state index in [2.05, 4.69) is 28.1 Å². The topological polar surface area (TPSA) is 90.5 Å². The highest BCUT2D eigenvalue weighted by molar-refractivity contribution is 6.31. The van der Waals surface area contributed by atoms with Gasteiger partial charge in [-0.15, -0.1) is 0 Å². The lowest BCUT2D eigenvalue weighted by molar-refractivity contribution is -0.126. The van der Waals surface area contributed by atoms with Crippen LogP contribution in [0.4, 0.5) is 5.69 Å². The predicted molar refractivity (Wildman–Crippen MR) is 148 cm³/mol. The van der Waals surface area contributed by atoms with Gasteiger partial charge in [-0.05, 0) is 60.9 Å². The molecule has 2 heterocycles. The van der Waals surface area contributed by atoms with Crippen molar-refractivity contribution in [2.75, 3.05) is 5.32 Å². The maximum absolute atomic E-state index is 14.2. The fourth-order valence-electron chi connectivity index (χ4n) is 6.81. The Morgan fingerprint density at radius 3 is 2.37 bits per heavy atom. The van der Waals surface area contributed by atoms with Crippen molar-refractivity contribution in [3.8, 4) is 0 Å². The monoisotopic (exact) mass is 529 g/mol. The van der Waals surface area contributed by atoms with Crippen LogP contribution in [0.1, 0.15) is 48.4 Å². The van der Waals surface area contributed by atoms with E-state index in [1.165, 1.54) is 0 Å². The van der Waals surface area contributed by atoms with Crippen LogP contribution in [-0.2, 0) is 21.4 Å². The Kier molecular flexibility index (Phi) is 6.72. The van der Waals surface area contributed by atoms with Crippen LogP contribution in [0, 0.1) is 5.92 Å². The van der Waals surface area contributed by atoms with E-state index in [1.54, 1.807) is 6.07 Å². The summed E-state index contributed by atoms with van der Waals surface area (Å²) in [7, 11) is 0. The summed E-state index contributed by atoms with van der Waals surface area (Å²) < 4.78 is 0. The van der Waals surface area contributed by atoms with Gasteiger partial charge in [-0.25, -0.2) is 0 Å². The van der Waals surface area contributed by atoms with Gasteiger partial charge in [0.1, 0.15) is 5.41 Å². The lowest BCUT2D eigenvalue weighted by Gasteiger charge is -2.35. The number of nitrogens with one attached hydrogen (secondary N) is 3. The summed E-state index contributed by atoms with van der Waals surface area (Å²) in [4.78, 5) is 28.2. The van der Waals surface area contributed by atoms with E-state index in [1.807, 2.05) is 60.7 Å². The number of halogens is 1. The molecule has 1 spiro atoms. The van der Waals surface area contributed by atoms with Crippen molar-refractivity contribution in [1.29, 1.82) is 0 Å². The molecular formula is C31H32ClN3O3. The summed E-state index contributed by atoms with van der Waals surface area (Å²) in [6, 6.07) is 24.5. The summed E-state index contributed by atoms with van der Waals surface area (Å²) in [5, 5.41) is 20.5. The maximum atomic E-state index is 14.2. The van der Waals surface area contributed by atoms with Crippen LogP contribution < -0.4 is 16.0 Å². The molecule has 3 aromatic rings. The van der Waals surface area contributed by atoms with Crippen molar-refractivity contribution >= 4 is 29.1 Å². The second-order valence-electron chi connectivity index (χ2n) is 10.8. The molecule has 2 amide bonds. The number of fused-ring (bicyclic) bond motifs is 2. The van der Waals surface area contributed by atoms with Crippen molar-refractivity contribution in [1.82, 2.24) is 10.6 Å². The van der Waals surface area contributed by atoms with Gasteiger partial charge in [0.25, 0.3) is 0 Å². The molecule has 0 aromatic heterocycles. The van der Waals surface area contributed by atoms with Gasteiger partial charge in [-0.3, -0.25) is 14.9 Å². The van der Waals surface area contributed by atoms with E-state index in [0.717, 1.165) is 29.5 Å². The molecule has 196 valence electrons. The van der Waals surface area contributed by atoms with E-state index in [0.29, 0.717) is 30.0 Å². The molecule has 0 radical (unpaired) electrons. The summed E-state index contributed by atoms with van der Waals surface area (Å²) >= 11 is 6.33. The number of anilines is 1. The highest BCUT2D eigenvalue weighted by Gasteiger charge is 2.65. The summed E-state index contributed by atoms with van der Waals surface area (Å²) in [5.41, 5.74) is 2.58. The second kappa shape index (κ2) is 10.2. The van der Waals surface area contributed by atoms with Gasteiger partial charge < -0.3 is 15.7 Å². The zero-order valence-electron chi connectivity index (χ0n) is 21.1. The smallest absolute Gasteiger partial charge is 0.237 e. The van der Waals surface area contributed by atoms with Crippen LogP contribution in [0.15, 0.2) is 78.9 Å². The van der Waals surface area contributed by atoms with Crippen molar-refractivity contribution < 1.29 is 14.7 Å². The van der Waals surface area contributed by atoms with Gasteiger partial charge in [0.05, 0.1) is 18.2 Å². The molecule has 1 saturated carbocycles. The summed E-state index contributed by atoms with van der Waals surface area (Å²) in [5.74, 6) is -0.569. The van der Waals surface area contributed by atoms with E-state index < -0.39 is 17.5 Å². The second-order valence-corrected chi connectivity index (χ2v) is 11.2. The minimum atomic E-state index is -1.01. The van der Waals surface area contributed by atoms with E-state index >= 15 is 0 Å². The molecule has 3 aromatic carbocycles. The molecule has 2 fully saturated rings. The van der Waals surface area contributed by atoms with Crippen LogP contribution in [0.3, 0.4) is 0 Å². The first kappa shape index (κ1) is 25.1. The average Bonchev–Trinajstić information content (AvgIpc) is 3.41. The minimum Gasteiger partial charge on any atom is -0.393 e. The van der Waals surface area contributed by atoms with Crippen molar-refractivity contribution in [3.05, 3.63) is 101 Å². The Balaban J connectivity index is 1.47. The SMILES string of the molecule is O=C(N[C@H]1CC[C@H](O)CC1)[C@@H]1N[C@@H](c2ccccc2)[C@@]2(C(=O)Nc3cc(Cl)ccc32)[C@H]1Cc1ccccc1. The molecule has 6 rings (SSSR count). The lowest BCUT2D eigenvalue weighted by Crippen LogP contribution is -2.51. The number of aliphatic hydroxyl groups excluding tert-OH is 1. The Morgan fingerprint density at radius 1 is 0.974 bits per heavy atom. The molecule has 1 aliphatic carbocycles. The number of carbonyl (C=O) groups excluding carboxylic acids is 2. The predicted octanol–water partition coefficient (Wildman–Crippen LogP) is 4.52. The Morgan fingerprint density at radius 2 is 1.66 bits per heavy atom. The first-order chi connectivity index (χ1) is 18.5. The normalized spacial score (nSPS) is 30.2. The number of hydrogen-bond acceptors (Lipinski definition) is 4. The molecule has 4 N–H and O–H groups in total. The first-order valence-corrected chi connectivity index (χ1v) is 13.8. The number of amides is 2. The number of benzene rings is 3. The van der Waals surface area contributed by atoms with Crippen LogP contribution in [0.5, 0.6) is 0 Å². The van der Waals surface area contributed by atoms with E-state index in [4.69, 9.17) is 11.6 Å². The highest BCUT2D eigenvalue weighted by atomic mass is 35.5. The zero-order chi connectivity index (χ0) is 26.3. The Bertz CT molecular complexity index is 1330. The molecule has 0 bridgehead atoms. The largest absolute Gasteiger partial charge is 0.393 e. The fourth-order valence-corrected chi connectivity index (χ4v) is 6.98. The third-order valence-electron chi connectivity index (χ3n) is 8.60. The Hall–Kier alpha value is -3.19.